The molecule has 6 heteroatoms. The highest BCUT2D eigenvalue weighted by Crippen LogP contribution is 2.49. The number of rotatable bonds is 5. The van der Waals surface area contributed by atoms with Gasteiger partial charge in [-0.1, -0.05) is 19.9 Å². The van der Waals surface area contributed by atoms with Crippen molar-refractivity contribution < 1.29 is 18.3 Å². The zero-order valence-corrected chi connectivity index (χ0v) is 15.6. The van der Waals surface area contributed by atoms with Gasteiger partial charge < -0.3 is 10.1 Å². The fourth-order valence-electron chi connectivity index (χ4n) is 4.02. The van der Waals surface area contributed by atoms with Crippen LogP contribution < -0.4 is 5.32 Å². The molecule has 1 aliphatic carbocycles. The SMILES string of the molecule is CC(C)COC(=O)NC1CC2(CCN(Cc3ccc(F)cc3F)CC2)C1. The molecule has 1 heterocycles. The van der Waals surface area contributed by atoms with Gasteiger partial charge in [0.05, 0.1) is 6.61 Å². The summed E-state index contributed by atoms with van der Waals surface area (Å²) >= 11 is 0. The van der Waals surface area contributed by atoms with Crippen molar-refractivity contribution in [2.24, 2.45) is 11.3 Å². The predicted molar refractivity (Wildman–Crippen MR) is 95.6 cm³/mol. The van der Waals surface area contributed by atoms with Gasteiger partial charge in [0.15, 0.2) is 0 Å². The molecule has 144 valence electrons. The van der Waals surface area contributed by atoms with E-state index in [0.29, 0.717) is 30.0 Å². The second-order valence-electron chi connectivity index (χ2n) is 8.25. The van der Waals surface area contributed by atoms with Crippen molar-refractivity contribution in [2.45, 2.75) is 52.1 Å². The first-order valence-corrected chi connectivity index (χ1v) is 9.45. The molecule has 1 spiro atoms. The first-order valence-electron chi connectivity index (χ1n) is 9.45. The number of nitrogens with zero attached hydrogens (tertiary/aromatic N) is 1. The molecule has 4 nitrogen and oxygen atoms in total. The number of likely N-dealkylation sites (tertiary alicyclic amines) is 1. The third-order valence-electron chi connectivity index (χ3n) is 5.55. The van der Waals surface area contributed by atoms with Gasteiger partial charge in [-0.2, -0.15) is 0 Å². The number of hydrogen-bond acceptors (Lipinski definition) is 3. The maximum Gasteiger partial charge on any atom is 0.407 e. The van der Waals surface area contributed by atoms with Crippen LogP contribution in [0.1, 0.15) is 45.1 Å². The van der Waals surface area contributed by atoms with E-state index in [1.165, 1.54) is 12.1 Å². The van der Waals surface area contributed by atoms with Gasteiger partial charge in [0.25, 0.3) is 0 Å². The monoisotopic (exact) mass is 366 g/mol. The molecule has 1 amide bonds. The second-order valence-corrected chi connectivity index (χ2v) is 8.25. The third-order valence-corrected chi connectivity index (χ3v) is 5.55. The molecule has 1 aromatic carbocycles. The Morgan fingerprint density at radius 1 is 1.31 bits per heavy atom. The van der Waals surface area contributed by atoms with Crippen molar-refractivity contribution in [2.75, 3.05) is 19.7 Å². The van der Waals surface area contributed by atoms with Crippen LogP contribution in [-0.2, 0) is 11.3 Å². The van der Waals surface area contributed by atoms with E-state index in [4.69, 9.17) is 4.74 Å². The summed E-state index contributed by atoms with van der Waals surface area (Å²) < 4.78 is 32.0. The maximum absolute atomic E-state index is 13.8. The first-order chi connectivity index (χ1) is 12.3. The third kappa shape index (κ3) is 4.72. The van der Waals surface area contributed by atoms with E-state index < -0.39 is 11.6 Å². The van der Waals surface area contributed by atoms with Gasteiger partial charge >= 0.3 is 6.09 Å². The highest BCUT2D eigenvalue weighted by atomic mass is 19.1. The lowest BCUT2D eigenvalue weighted by Gasteiger charge is -2.52. The standard InChI is InChI=1S/C20H28F2N2O2/c1-14(2)13-26-19(25)23-17-10-20(11-17)5-7-24(8-6-20)12-15-3-4-16(21)9-18(15)22/h3-4,9,14,17H,5-8,10-13H2,1-2H3,(H,23,25). The summed E-state index contributed by atoms with van der Waals surface area (Å²) in [4.78, 5) is 14.0. The molecule has 0 unspecified atom stereocenters. The van der Waals surface area contributed by atoms with Crippen molar-refractivity contribution in [1.29, 1.82) is 0 Å². The summed E-state index contributed by atoms with van der Waals surface area (Å²) in [5.41, 5.74) is 0.844. The fraction of sp³-hybridized carbons (Fsp3) is 0.650. The van der Waals surface area contributed by atoms with Crippen LogP contribution in [0.15, 0.2) is 18.2 Å². The van der Waals surface area contributed by atoms with Crippen LogP contribution in [-0.4, -0.2) is 36.7 Å². The summed E-state index contributed by atoms with van der Waals surface area (Å²) in [6, 6.07) is 3.99. The molecule has 1 saturated carbocycles. The number of benzene rings is 1. The van der Waals surface area contributed by atoms with Crippen molar-refractivity contribution >= 4 is 6.09 Å². The van der Waals surface area contributed by atoms with Gasteiger partial charge in [-0.3, -0.25) is 4.90 Å². The Morgan fingerprint density at radius 2 is 2.00 bits per heavy atom. The van der Waals surface area contributed by atoms with E-state index in [1.807, 2.05) is 13.8 Å². The van der Waals surface area contributed by atoms with Gasteiger partial charge in [-0.05, 0) is 56.2 Å². The zero-order chi connectivity index (χ0) is 18.7. The fourth-order valence-corrected chi connectivity index (χ4v) is 4.02. The molecule has 1 N–H and O–H groups in total. The molecule has 1 saturated heterocycles. The smallest absolute Gasteiger partial charge is 0.407 e. The molecular formula is C20H28F2N2O2. The minimum absolute atomic E-state index is 0.204. The Kier molecular flexibility index (Phi) is 5.80. The maximum atomic E-state index is 13.8. The van der Waals surface area contributed by atoms with Crippen LogP contribution in [0.5, 0.6) is 0 Å². The lowest BCUT2D eigenvalue weighted by Crippen LogP contribution is -2.54. The normalized spacial score (nSPS) is 20.2. The molecule has 1 aliphatic heterocycles. The van der Waals surface area contributed by atoms with Crippen LogP contribution in [0.25, 0.3) is 0 Å². The van der Waals surface area contributed by atoms with Crippen molar-refractivity contribution in [3.63, 3.8) is 0 Å². The van der Waals surface area contributed by atoms with Crippen LogP contribution in [0.4, 0.5) is 13.6 Å². The Bertz CT molecular complexity index is 635. The van der Waals surface area contributed by atoms with Crippen molar-refractivity contribution in [1.82, 2.24) is 10.2 Å². The number of carbonyl (C=O) groups excluding carboxylic acids is 1. The minimum atomic E-state index is -0.538. The quantitative estimate of drug-likeness (QED) is 0.853. The van der Waals surface area contributed by atoms with Crippen molar-refractivity contribution in [3.05, 3.63) is 35.4 Å². The van der Waals surface area contributed by atoms with E-state index in [1.54, 1.807) is 0 Å². The molecule has 2 fully saturated rings. The van der Waals surface area contributed by atoms with Crippen LogP contribution in [0, 0.1) is 23.0 Å². The molecule has 0 atom stereocenters. The Hall–Kier alpha value is -1.69. The average Bonchev–Trinajstić information content (AvgIpc) is 2.56. The number of amides is 1. The highest BCUT2D eigenvalue weighted by molar-refractivity contribution is 5.67. The second kappa shape index (κ2) is 7.91. The van der Waals surface area contributed by atoms with Gasteiger partial charge in [-0.15, -0.1) is 0 Å². The molecule has 2 aliphatic rings. The molecule has 0 aromatic heterocycles. The Labute approximate surface area is 153 Å². The molecular weight excluding hydrogens is 338 g/mol. The van der Waals surface area contributed by atoms with Crippen LogP contribution in [0.2, 0.25) is 0 Å². The van der Waals surface area contributed by atoms with E-state index in [9.17, 15) is 13.6 Å². The summed E-state index contributed by atoms with van der Waals surface area (Å²) in [7, 11) is 0. The average molecular weight is 366 g/mol. The number of hydrogen-bond donors (Lipinski definition) is 1. The number of alkyl carbamates (subject to hydrolysis) is 1. The van der Waals surface area contributed by atoms with Gasteiger partial charge in [0, 0.05) is 24.2 Å². The molecule has 0 bridgehead atoms. The number of halogens is 2. The molecule has 1 aromatic rings. The van der Waals surface area contributed by atoms with Crippen LogP contribution >= 0.6 is 0 Å². The van der Waals surface area contributed by atoms with Gasteiger partial charge in [0.1, 0.15) is 11.6 Å². The Balaban J connectivity index is 1.40. The molecule has 0 radical (unpaired) electrons. The van der Waals surface area contributed by atoms with Crippen LogP contribution in [0.3, 0.4) is 0 Å². The van der Waals surface area contributed by atoms with Gasteiger partial charge in [-0.25, -0.2) is 13.6 Å². The molecule has 26 heavy (non-hydrogen) atoms. The number of ether oxygens (including phenoxy) is 1. The lowest BCUT2D eigenvalue weighted by atomic mass is 9.60. The van der Waals surface area contributed by atoms with E-state index in [2.05, 4.69) is 10.2 Å². The molecule has 3 rings (SSSR count). The summed E-state index contributed by atoms with van der Waals surface area (Å²) in [5.74, 6) is -0.675. The first kappa shape index (κ1) is 19.1. The zero-order valence-electron chi connectivity index (χ0n) is 15.6. The number of nitrogens with one attached hydrogen (secondary N) is 1. The lowest BCUT2D eigenvalue weighted by molar-refractivity contribution is 0.00266. The summed E-state index contributed by atoms with van der Waals surface area (Å²) in [6.07, 6.45) is 3.76. The largest absolute Gasteiger partial charge is 0.449 e. The minimum Gasteiger partial charge on any atom is -0.449 e. The summed E-state index contributed by atoms with van der Waals surface area (Å²) in [6.45, 7) is 6.79. The summed E-state index contributed by atoms with van der Waals surface area (Å²) in [5, 5.41) is 2.95. The Morgan fingerprint density at radius 3 is 2.62 bits per heavy atom. The van der Waals surface area contributed by atoms with E-state index >= 15 is 0 Å². The van der Waals surface area contributed by atoms with Crippen molar-refractivity contribution in [3.8, 4) is 0 Å². The van der Waals surface area contributed by atoms with E-state index in [-0.39, 0.29) is 12.1 Å². The predicted octanol–water partition coefficient (Wildman–Crippen LogP) is 4.09. The number of piperidine rings is 1. The van der Waals surface area contributed by atoms with Gasteiger partial charge in [0.2, 0.25) is 0 Å². The number of carbonyl (C=O) groups is 1. The van der Waals surface area contributed by atoms with E-state index in [0.717, 1.165) is 44.8 Å². The topological polar surface area (TPSA) is 41.6 Å². The highest BCUT2D eigenvalue weighted by Gasteiger charge is 2.46.